The van der Waals surface area contributed by atoms with Crippen molar-refractivity contribution in [2.24, 2.45) is 5.73 Å². The molecule has 2 aliphatic carbocycles. The minimum absolute atomic E-state index is 0.124. The molecule has 0 bridgehead atoms. The summed E-state index contributed by atoms with van der Waals surface area (Å²) in [7, 11) is 0. The van der Waals surface area contributed by atoms with Crippen LogP contribution in [0.3, 0.4) is 0 Å². The van der Waals surface area contributed by atoms with Crippen molar-refractivity contribution < 1.29 is 0 Å². The van der Waals surface area contributed by atoms with E-state index in [0.717, 1.165) is 0 Å². The molecule has 5 nitrogen and oxygen atoms in total. The van der Waals surface area contributed by atoms with E-state index in [1.807, 2.05) is 0 Å². The molecule has 0 aliphatic heterocycles. The number of hydrogen-bond acceptors (Lipinski definition) is 2. The number of guanidine groups is 2. The van der Waals surface area contributed by atoms with Crippen molar-refractivity contribution in [3.8, 4) is 0 Å². The second-order valence-corrected chi connectivity index (χ2v) is 5.88. The van der Waals surface area contributed by atoms with Crippen molar-refractivity contribution in [1.29, 1.82) is 10.8 Å². The predicted octanol–water partition coefficient (Wildman–Crippen LogP) is 2.37. The van der Waals surface area contributed by atoms with Crippen LogP contribution in [0.4, 0.5) is 0 Å². The quantitative estimate of drug-likeness (QED) is 0.456. The maximum Gasteiger partial charge on any atom is 0.198 e. The van der Waals surface area contributed by atoms with Crippen LogP contribution in [0.15, 0.2) is 0 Å². The van der Waals surface area contributed by atoms with Crippen molar-refractivity contribution >= 4 is 11.9 Å². The normalized spacial score (nSPS) is 21.9. The van der Waals surface area contributed by atoms with Crippen LogP contribution < -0.4 is 11.1 Å². The molecule has 0 spiro atoms. The van der Waals surface area contributed by atoms with Gasteiger partial charge in [0.1, 0.15) is 0 Å². The standard InChI is InChI=1S/C14H27N5/c15-13(16)18-14(17)19(11-7-3-1-4-8-11)12-9-5-2-6-10-12/h11-12H,1-10H2,(H5,15,16,17,18). The molecule has 0 aromatic heterocycles. The third-order valence-corrected chi connectivity index (χ3v) is 4.45. The molecule has 2 aliphatic rings. The summed E-state index contributed by atoms with van der Waals surface area (Å²) >= 11 is 0. The van der Waals surface area contributed by atoms with Gasteiger partial charge in [-0.2, -0.15) is 0 Å². The number of hydrogen-bond donors (Lipinski definition) is 4. The van der Waals surface area contributed by atoms with Gasteiger partial charge < -0.3 is 10.6 Å². The Labute approximate surface area is 115 Å². The fraction of sp³-hybridized carbons (Fsp3) is 0.857. The van der Waals surface area contributed by atoms with Gasteiger partial charge in [0.05, 0.1) is 0 Å². The molecule has 5 heteroatoms. The molecule has 19 heavy (non-hydrogen) atoms. The predicted molar refractivity (Wildman–Crippen MR) is 78.4 cm³/mol. The highest BCUT2D eigenvalue weighted by atomic mass is 15.3. The summed E-state index contributed by atoms with van der Waals surface area (Å²) in [6.45, 7) is 0. The van der Waals surface area contributed by atoms with Crippen molar-refractivity contribution in [1.82, 2.24) is 10.2 Å². The molecule has 0 atom stereocenters. The SMILES string of the molecule is N=C(N)NC(=N)N(C1CCCCC1)C1CCCCC1. The minimum atomic E-state index is -0.124. The lowest BCUT2D eigenvalue weighted by Gasteiger charge is -2.43. The second kappa shape index (κ2) is 6.78. The van der Waals surface area contributed by atoms with Crippen LogP contribution in [-0.2, 0) is 0 Å². The maximum absolute atomic E-state index is 8.24. The van der Waals surface area contributed by atoms with Gasteiger partial charge in [-0.05, 0) is 25.7 Å². The maximum atomic E-state index is 8.24. The van der Waals surface area contributed by atoms with Gasteiger partial charge in [-0.1, -0.05) is 38.5 Å². The molecular weight excluding hydrogens is 238 g/mol. The first-order valence-electron chi connectivity index (χ1n) is 7.66. The lowest BCUT2D eigenvalue weighted by atomic mass is 9.89. The fourth-order valence-corrected chi connectivity index (χ4v) is 3.57. The third kappa shape index (κ3) is 3.85. The van der Waals surface area contributed by atoms with Crippen molar-refractivity contribution in [2.75, 3.05) is 0 Å². The minimum Gasteiger partial charge on any atom is -0.370 e. The Morgan fingerprint density at radius 2 is 1.26 bits per heavy atom. The van der Waals surface area contributed by atoms with E-state index in [1.165, 1.54) is 64.2 Å². The summed E-state index contributed by atoms with van der Waals surface area (Å²) in [4.78, 5) is 2.24. The molecule has 5 N–H and O–H groups in total. The molecule has 108 valence electrons. The molecule has 0 aromatic carbocycles. The average Bonchev–Trinajstić information content (AvgIpc) is 2.40. The first-order valence-corrected chi connectivity index (χ1v) is 7.66. The molecule has 2 fully saturated rings. The van der Waals surface area contributed by atoms with Crippen molar-refractivity contribution in [3.05, 3.63) is 0 Å². The first-order chi connectivity index (χ1) is 9.18. The monoisotopic (exact) mass is 265 g/mol. The van der Waals surface area contributed by atoms with Gasteiger partial charge in [0.25, 0.3) is 0 Å². The molecule has 0 aromatic rings. The van der Waals surface area contributed by atoms with Crippen LogP contribution in [0.2, 0.25) is 0 Å². The lowest BCUT2D eigenvalue weighted by molar-refractivity contribution is 0.153. The Balaban J connectivity index is 2.06. The van der Waals surface area contributed by atoms with E-state index in [2.05, 4.69) is 10.2 Å². The highest BCUT2D eigenvalue weighted by molar-refractivity contribution is 5.95. The zero-order valence-electron chi connectivity index (χ0n) is 11.8. The van der Waals surface area contributed by atoms with Crippen LogP contribution in [-0.4, -0.2) is 28.9 Å². The van der Waals surface area contributed by atoms with E-state index < -0.39 is 0 Å². The number of nitrogens with one attached hydrogen (secondary N) is 3. The summed E-state index contributed by atoms with van der Waals surface area (Å²) < 4.78 is 0. The Kier molecular flexibility index (Phi) is 5.05. The smallest absolute Gasteiger partial charge is 0.198 e. The molecule has 0 amide bonds. The summed E-state index contributed by atoms with van der Waals surface area (Å²) in [6, 6.07) is 0.937. The molecular formula is C14H27N5. The highest BCUT2D eigenvalue weighted by Gasteiger charge is 2.30. The van der Waals surface area contributed by atoms with Crippen molar-refractivity contribution in [2.45, 2.75) is 76.3 Å². The number of nitrogens with zero attached hydrogens (tertiary/aromatic N) is 1. The van der Waals surface area contributed by atoms with E-state index in [0.29, 0.717) is 18.0 Å². The Bertz CT molecular complexity index is 298. The van der Waals surface area contributed by atoms with Gasteiger partial charge in [-0.3, -0.25) is 16.1 Å². The third-order valence-electron chi connectivity index (χ3n) is 4.45. The largest absolute Gasteiger partial charge is 0.370 e. The molecule has 0 radical (unpaired) electrons. The zero-order chi connectivity index (χ0) is 13.7. The Hall–Kier alpha value is -1.26. The average molecular weight is 265 g/mol. The van der Waals surface area contributed by atoms with Crippen LogP contribution in [0.1, 0.15) is 64.2 Å². The van der Waals surface area contributed by atoms with Crippen LogP contribution >= 0.6 is 0 Å². The van der Waals surface area contributed by atoms with E-state index in [-0.39, 0.29) is 5.96 Å². The molecule has 0 heterocycles. The lowest BCUT2D eigenvalue weighted by Crippen LogP contribution is -2.55. The molecule has 2 rings (SSSR count). The molecule has 2 saturated carbocycles. The summed E-state index contributed by atoms with van der Waals surface area (Å²) in [5.74, 6) is 0.216. The topological polar surface area (TPSA) is 89.0 Å². The van der Waals surface area contributed by atoms with Gasteiger partial charge in [0.15, 0.2) is 11.9 Å². The van der Waals surface area contributed by atoms with E-state index in [4.69, 9.17) is 16.6 Å². The van der Waals surface area contributed by atoms with E-state index in [1.54, 1.807) is 0 Å². The highest BCUT2D eigenvalue weighted by Crippen LogP contribution is 2.29. The van der Waals surface area contributed by atoms with Gasteiger partial charge in [-0.15, -0.1) is 0 Å². The Morgan fingerprint density at radius 3 is 1.63 bits per heavy atom. The number of nitrogens with two attached hydrogens (primary N) is 1. The summed E-state index contributed by atoms with van der Waals surface area (Å²) in [5, 5.41) is 18.3. The van der Waals surface area contributed by atoms with Crippen LogP contribution in [0.25, 0.3) is 0 Å². The number of rotatable bonds is 2. The summed E-state index contributed by atoms with van der Waals surface area (Å²) in [5.41, 5.74) is 5.39. The van der Waals surface area contributed by atoms with Gasteiger partial charge >= 0.3 is 0 Å². The Morgan fingerprint density at radius 1 is 0.842 bits per heavy atom. The van der Waals surface area contributed by atoms with Gasteiger partial charge in [0, 0.05) is 12.1 Å². The fourth-order valence-electron chi connectivity index (χ4n) is 3.57. The van der Waals surface area contributed by atoms with Gasteiger partial charge in [-0.25, -0.2) is 0 Å². The zero-order valence-corrected chi connectivity index (χ0v) is 11.8. The summed E-state index contributed by atoms with van der Waals surface area (Å²) in [6.07, 6.45) is 12.4. The first kappa shape index (κ1) is 14.2. The van der Waals surface area contributed by atoms with Crippen LogP contribution in [0, 0.1) is 10.8 Å². The van der Waals surface area contributed by atoms with Gasteiger partial charge in [0.2, 0.25) is 0 Å². The van der Waals surface area contributed by atoms with E-state index in [9.17, 15) is 0 Å². The van der Waals surface area contributed by atoms with Crippen LogP contribution in [0.5, 0.6) is 0 Å². The molecule has 0 unspecified atom stereocenters. The van der Waals surface area contributed by atoms with Crippen molar-refractivity contribution in [3.63, 3.8) is 0 Å². The van der Waals surface area contributed by atoms with E-state index >= 15 is 0 Å². The second-order valence-electron chi connectivity index (χ2n) is 5.88. The molecule has 0 saturated heterocycles.